The summed E-state index contributed by atoms with van der Waals surface area (Å²) in [7, 11) is 2.57. The minimum atomic E-state index is -1.47. The molecule has 224 valence electrons. The molecular weight excluding hydrogens is 556 g/mol. The second-order valence-electron chi connectivity index (χ2n) is 12.7. The molecule has 1 saturated carbocycles. The Labute approximate surface area is 255 Å². The number of ether oxygens (including phenoxy) is 2. The van der Waals surface area contributed by atoms with Gasteiger partial charge in [0.25, 0.3) is 0 Å². The molecule has 8 atom stereocenters. The van der Waals surface area contributed by atoms with Gasteiger partial charge in [-0.2, -0.15) is 0 Å². The fourth-order valence-corrected chi connectivity index (χ4v) is 8.28. The molecule has 2 heterocycles. The van der Waals surface area contributed by atoms with Crippen molar-refractivity contribution in [3.63, 3.8) is 0 Å². The fourth-order valence-electron chi connectivity index (χ4n) is 8.28. The third-order valence-corrected chi connectivity index (χ3v) is 10.3. The maximum absolute atomic E-state index is 14.9. The Bertz CT molecular complexity index is 1730. The van der Waals surface area contributed by atoms with Crippen molar-refractivity contribution in [1.82, 2.24) is 10.6 Å². The molecule has 7 rings (SSSR count). The Hall–Kier alpha value is -4.40. The summed E-state index contributed by atoms with van der Waals surface area (Å²) in [6.45, 7) is 3.30. The Balaban J connectivity index is 1.40. The van der Waals surface area contributed by atoms with Crippen molar-refractivity contribution in [3.8, 4) is 0 Å². The number of methoxy groups -OCH3 is 2. The normalized spacial score (nSPS) is 32.8. The molecule has 0 bridgehead atoms. The van der Waals surface area contributed by atoms with Crippen molar-refractivity contribution < 1.29 is 28.7 Å². The van der Waals surface area contributed by atoms with E-state index in [-0.39, 0.29) is 11.6 Å². The molecule has 2 saturated heterocycles. The van der Waals surface area contributed by atoms with Crippen molar-refractivity contribution in [1.29, 1.82) is 0 Å². The number of carbonyl (C=O) groups excluding carboxylic acids is 4. The molecule has 0 aromatic heterocycles. The lowest BCUT2D eigenvalue weighted by molar-refractivity contribution is -0.160. The molecule has 4 aromatic carbocycles. The predicted molar refractivity (Wildman–Crippen MR) is 164 cm³/mol. The van der Waals surface area contributed by atoms with Crippen LogP contribution in [0.2, 0.25) is 0 Å². The van der Waals surface area contributed by atoms with E-state index in [1.807, 2.05) is 84.9 Å². The van der Waals surface area contributed by atoms with Crippen LogP contribution in [-0.4, -0.2) is 48.8 Å². The average Bonchev–Trinajstić information content (AvgIpc) is 3.56. The highest BCUT2D eigenvalue weighted by atomic mass is 16.5. The maximum atomic E-state index is 14.9. The van der Waals surface area contributed by atoms with Gasteiger partial charge >= 0.3 is 11.9 Å². The van der Waals surface area contributed by atoms with Crippen LogP contribution < -0.4 is 10.6 Å². The topological polar surface area (TPSA) is 111 Å². The van der Waals surface area contributed by atoms with Gasteiger partial charge in [-0.05, 0) is 58.7 Å². The first-order valence-electron chi connectivity index (χ1n) is 14.9. The van der Waals surface area contributed by atoms with E-state index in [0.717, 1.165) is 32.7 Å². The van der Waals surface area contributed by atoms with E-state index in [0.29, 0.717) is 0 Å². The smallest absolute Gasteiger partial charge is 0.326 e. The number of rotatable bonds is 4. The summed E-state index contributed by atoms with van der Waals surface area (Å²) in [6, 6.07) is 26.2. The standard InChI is InChI=1S/C36H34N2O6/c1-35(33(41)43-3)27-25(29(37-35)23-15-13-19-9-5-7-11-21(19)17-23)32(40)28-26(31(27)39)30(38-36(28,2)34(42)44-4)24-16-14-20-10-6-8-12-22(20)18-24/h5-18,25-30,37-38H,1-4H3/t25-,26+,27-,28+,29-,30+,35-,36+. The first-order valence-corrected chi connectivity index (χ1v) is 14.9. The van der Waals surface area contributed by atoms with E-state index in [4.69, 9.17) is 9.47 Å². The zero-order chi connectivity index (χ0) is 31.0. The Morgan fingerprint density at radius 3 is 1.32 bits per heavy atom. The molecule has 3 aliphatic rings. The first-order chi connectivity index (χ1) is 21.1. The van der Waals surface area contributed by atoms with E-state index in [1.165, 1.54) is 14.2 Å². The number of hydrogen-bond acceptors (Lipinski definition) is 8. The first kappa shape index (κ1) is 28.4. The molecule has 44 heavy (non-hydrogen) atoms. The van der Waals surface area contributed by atoms with Crippen LogP contribution in [0.4, 0.5) is 0 Å². The van der Waals surface area contributed by atoms with E-state index >= 15 is 0 Å². The van der Waals surface area contributed by atoms with Crippen molar-refractivity contribution in [3.05, 3.63) is 96.1 Å². The molecule has 1 aliphatic carbocycles. The van der Waals surface area contributed by atoms with Crippen LogP contribution in [-0.2, 0) is 28.7 Å². The molecule has 8 heteroatoms. The minimum Gasteiger partial charge on any atom is -0.468 e. The van der Waals surface area contributed by atoms with Gasteiger partial charge in [-0.25, -0.2) is 0 Å². The van der Waals surface area contributed by atoms with E-state index in [9.17, 15) is 19.2 Å². The van der Waals surface area contributed by atoms with Gasteiger partial charge in [0.05, 0.1) is 26.1 Å². The summed E-state index contributed by atoms with van der Waals surface area (Å²) < 4.78 is 10.5. The van der Waals surface area contributed by atoms with E-state index < -0.39 is 58.8 Å². The third-order valence-electron chi connectivity index (χ3n) is 10.3. The van der Waals surface area contributed by atoms with E-state index in [2.05, 4.69) is 10.6 Å². The quantitative estimate of drug-likeness (QED) is 0.335. The lowest BCUT2D eigenvalue weighted by atomic mass is 9.58. The van der Waals surface area contributed by atoms with Crippen LogP contribution in [0.15, 0.2) is 84.9 Å². The van der Waals surface area contributed by atoms with Crippen LogP contribution in [0.3, 0.4) is 0 Å². The number of fused-ring (bicyclic) bond motifs is 4. The number of esters is 2. The van der Waals surface area contributed by atoms with E-state index in [1.54, 1.807) is 13.8 Å². The van der Waals surface area contributed by atoms with Gasteiger partial charge in [-0.15, -0.1) is 0 Å². The van der Waals surface area contributed by atoms with Crippen molar-refractivity contribution >= 4 is 45.0 Å². The van der Waals surface area contributed by atoms with Gasteiger partial charge in [-0.1, -0.05) is 72.8 Å². The third kappa shape index (κ3) is 3.90. The van der Waals surface area contributed by atoms with Gasteiger partial charge in [-0.3, -0.25) is 29.8 Å². The highest BCUT2D eigenvalue weighted by molar-refractivity contribution is 6.08. The molecule has 0 amide bonds. The molecule has 8 nitrogen and oxygen atoms in total. The van der Waals surface area contributed by atoms with Crippen LogP contribution in [0.25, 0.3) is 21.5 Å². The molecule has 0 unspecified atom stereocenters. The molecule has 4 aromatic rings. The molecule has 0 radical (unpaired) electrons. The molecule has 0 spiro atoms. The number of benzene rings is 4. The van der Waals surface area contributed by atoms with Gasteiger partial charge in [0.2, 0.25) is 0 Å². The summed E-state index contributed by atoms with van der Waals surface area (Å²) in [5, 5.41) is 10.8. The number of nitrogens with one attached hydrogen (secondary N) is 2. The SMILES string of the molecule is COC(=O)[C@]1(C)N[C@H](c2ccc3ccccc3c2)[C@@H]2C(=O)[C@@H]3[C@H](C(=O)[C@@H]21)[C@H](c1ccc2ccccc2c1)N[C@]3(C)C(=O)OC. The average molecular weight is 591 g/mol. The summed E-state index contributed by atoms with van der Waals surface area (Å²) in [4.78, 5) is 56.8. The van der Waals surface area contributed by atoms with Gasteiger partial charge in [0, 0.05) is 23.9 Å². The molecule has 2 aliphatic heterocycles. The van der Waals surface area contributed by atoms with Gasteiger partial charge in [0.15, 0.2) is 0 Å². The lowest BCUT2D eigenvalue weighted by Gasteiger charge is -2.41. The summed E-state index contributed by atoms with van der Waals surface area (Å²) >= 11 is 0. The zero-order valence-electron chi connectivity index (χ0n) is 25.0. The molecule has 2 N–H and O–H groups in total. The van der Waals surface area contributed by atoms with Crippen LogP contribution in [0.5, 0.6) is 0 Å². The summed E-state index contributed by atoms with van der Waals surface area (Å²) in [6.07, 6.45) is 0. The maximum Gasteiger partial charge on any atom is 0.326 e. The van der Waals surface area contributed by atoms with Crippen molar-refractivity contribution in [2.75, 3.05) is 14.2 Å². The highest BCUT2D eigenvalue weighted by Gasteiger charge is 2.72. The van der Waals surface area contributed by atoms with Crippen LogP contribution in [0.1, 0.15) is 37.1 Å². The Morgan fingerprint density at radius 1 is 0.591 bits per heavy atom. The fraction of sp³-hybridized carbons (Fsp3) is 0.333. The summed E-state index contributed by atoms with van der Waals surface area (Å²) in [5.74, 6) is -5.55. The van der Waals surface area contributed by atoms with Crippen molar-refractivity contribution in [2.45, 2.75) is 37.0 Å². The Kier molecular flexibility index (Phi) is 6.50. The zero-order valence-corrected chi connectivity index (χ0v) is 25.0. The lowest BCUT2D eigenvalue weighted by Crippen LogP contribution is -2.60. The number of carbonyl (C=O) groups is 4. The molecular formula is C36H34N2O6. The van der Waals surface area contributed by atoms with Gasteiger partial charge < -0.3 is 9.47 Å². The second kappa shape index (κ2) is 10.1. The monoisotopic (exact) mass is 590 g/mol. The minimum absolute atomic E-state index is 0.249. The van der Waals surface area contributed by atoms with Gasteiger partial charge in [0.1, 0.15) is 22.6 Å². The van der Waals surface area contributed by atoms with Crippen LogP contribution >= 0.6 is 0 Å². The second-order valence-corrected chi connectivity index (χ2v) is 12.7. The van der Waals surface area contributed by atoms with Crippen molar-refractivity contribution in [2.24, 2.45) is 23.7 Å². The summed E-state index contributed by atoms with van der Waals surface area (Å²) in [5.41, 5.74) is -1.37. The predicted octanol–water partition coefficient (Wildman–Crippen LogP) is 4.46. The number of hydrogen-bond donors (Lipinski definition) is 2. The Morgan fingerprint density at radius 2 is 0.955 bits per heavy atom. The highest BCUT2D eigenvalue weighted by Crippen LogP contribution is 2.57. The largest absolute Gasteiger partial charge is 0.468 e. The molecule has 3 fully saturated rings. The number of ketones is 2. The number of Topliss-reactive ketones (excluding diaryl/α,β-unsaturated/α-hetero) is 2. The van der Waals surface area contributed by atoms with Crippen LogP contribution in [0, 0.1) is 23.7 Å².